The minimum atomic E-state index is -0.348. The number of pyridine rings is 1. The standard InChI is InChI=1S/C16H24N4O2/c1-3-4-9-19-10-11-20(12-15(19)21)13(2)16(22)18-14-7-5-6-8-17-14/h5-8,13H,3-4,9-12H2,1-2H3,(H,17,18,22)/t13-/m0/s1. The average molecular weight is 304 g/mol. The number of unbranched alkanes of at least 4 members (excludes halogenated alkanes) is 1. The summed E-state index contributed by atoms with van der Waals surface area (Å²) >= 11 is 0. The van der Waals surface area contributed by atoms with Crippen molar-refractivity contribution in [2.75, 3.05) is 31.5 Å². The van der Waals surface area contributed by atoms with Gasteiger partial charge in [0.1, 0.15) is 5.82 Å². The number of hydrogen-bond donors (Lipinski definition) is 1. The summed E-state index contributed by atoms with van der Waals surface area (Å²) in [6.07, 6.45) is 3.74. The number of carbonyl (C=O) groups is 2. The summed E-state index contributed by atoms with van der Waals surface area (Å²) in [4.78, 5) is 32.3. The quantitative estimate of drug-likeness (QED) is 0.861. The van der Waals surface area contributed by atoms with Crippen LogP contribution in [0.25, 0.3) is 0 Å². The molecule has 0 spiro atoms. The highest BCUT2D eigenvalue weighted by molar-refractivity contribution is 5.94. The first kappa shape index (κ1) is 16.4. The van der Waals surface area contributed by atoms with Gasteiger partial charge in [0.05, 0.1) is 12.6 Å². The third-order valence-corrected chi connectivity index (χ3v) is 3.97. The zero-order chi connectivity index (χ0) is 15.9. The minimum absolute atomic E-state index is 0.109. The summed E-state index contributed by atoms with van der Waals surface area (Å²) in [5, 5.41) is 2.78. The number of piperazine rings is 1. The lowest BCUT2D eigenvalue weighted by molar-refractivity contribution is -0.138. The van der Waals surface area contributed by atoms with Gasteiger partial charge < -0.3 is 10.2 Å². The highest BCUT2D eigenvalue weighted by Crippen LogP contribution is 2.10. The van der Waals surface area contributed by atoms with Gasteiger partial charge in [-0.15, -0.1) is 0 Å². The van der Waals surface area contributed by atoms with E-state index in [4.69, 9.17) is 0 Å². The van der Waals surface area contributed by atoms with Crippen molar-refractivity contribution in [3.05, 3.63) is 24.4 Å². The summed E-state index contributed by atoms with van der Waals surface area (Å²) in [7, 11) is 0. The monoisotopic (exact) mass is 304 g/mol. The van der Waals surface area contributed by atoms with Crippen LogP contribution < -0.4 is 5.32 Å². The molecule has 1 aromatic rings. The maximum absolute atomic E-state index is 12.3. The Morgan fingerprint density at radius 1 is 1.41 bits per heavy atom. The predicted molar refractivity (Wildman–Crippen MR) is 85.4 cm³/mol. The van der Waals surface area contributed by atoms with Crippen molar-refractivity contribution in [1.82, 2.24) is 14.8 Å². The molecule has 0 aliphatic carbocycles. The molecule has 2 rings (SSSR count). The highest BCUT2D eigenvalue weighted by Gasteiger charge is 2.29. The van der Waals surface area contributed by atoms with E-state index in [0.717, 1.165) is 25.9 Å². The van der Waals surface area contributed by atoms with Crippen LogP contribution in [0.1, 0.15) is 26.7 Å². The third kappa shape index (κ3) is 4.27. The smallest absolute Gasteiger partial charge is 0.242 e. The van der Waals surface area contributed by atoms with Gasteiger partial charge in [0.15, 0.2) is 0 Å². The molecule has 0 bridgehead atoms. The molecule has 2 amide bonds. The maximum atomic E-state index is 12.3. The Morgan fingerprint density at radius 3 is 2.86 bits per heavy atom. The van der Waals surface area contributed by atoms with Crippen molar-refractivity contribution in [2.24, 2.45) is 0 Å². The fourth-order valence-electron chi connectivity index (χ4n) is 2.48. The Kier molecular flexibility index (Phi) is 5.89. The molecule has 120 valence electrons. The molecule has 1 aromatic heterocycles. The first-order chi connectivity index (χ1) is 10.6. The SMILES string of the molecule is CCCCN1CCN([C@@H](C)C(=O)Nc2ccccn2)CC1=O. The Labute approximate surface area is 131 Å². The molecule has 2 heterocycles. The van der Waals surface area contributed by atoms with Crippen LogP contribution in [0.3, 0.4) is 0 Å². The second kappa shape index (κ2) is 7.89. The molecule has 6 heteroatoms. The number of amides is 2. The molecule has 1 aliphatic heterocycles. The molecule has 0 unspecified atom stereocenters. The lowest BCUT2D eigenvalue weighted by atomic mass is 10.2. The van der Waals surface area contributed by atoms with Crippen molar-refractivity contribution >= 4 is 17.6 Å². The van der Waals surface area contributed by atoms with Crippen LogP contribution in [0.4, 0.5) is 5.82 Å². The van der Waals surface area contributed by atoms with Crippen LogP contribution in [0.2, 0.25) is 0 Å². The summed E-state index contributed by atoms with van der Waals surface area (Å²) in [5.74, 6) is 0.512. The molecular formula is C16H24N4O2. The van der Waals surface area contributed by atoms with Gasteiger partial charge in [-0.25, -0.2) is 4.98 Å². The van der Waals surface area contributed by atoms with Gasteiger partial charge in [0.25, 0.3) is 0 Å². The van der Waals surface area contributed by atoms with Crippen LogP contribution >= 0.6 is 0 Å². The van der Waals surface area contributed by atoms with E-state index in [2.05, 4.69) is 17.2 Å². The van der Waals surface area contributed by atoms with E-state index in [1.54, 1.807) is 18.3 Å². The van der Waals surface area contributed by atoms with Gasteiger partial charge in [-0.3, -0.25) is 14.5 Å². The molecule has 6 nitrogen and oxygen atoms in total. The Bertz CT molecular complexity index is 506. The number of hydrogen-bond acceptors (Lipinski definition) is 4. The Balaban J connectivity index is 1.87. The van der Waals surface area contributed by atoms with E-state index in [-0.39, 0.29) is 17.9 Å². The number of nitrogens with one attached hydrogen (secondary N) is 1. The second-order valence-corrected chi connectivity index (χ2v) is 5.59. The molecular weight excluding hydrogens is 280 g/mol. The average Bonchev–Trinajstić information content (AvgIpc) is 2.54. The molecule has 1 fully saturated rings. The summed E-state index contributed by atoms with van der Waals surface area (Å²) in [5.41, 5.74) is 0. The van der Waals surface area contributed by atoms with E-state index in [0.29, 0.717) is 18.9 Å². The zero-order valence-corrected chi connectivity index (χ0v) is 13.3. The van der Waals surface area contributed by atoms with Crippen LogP contribution in [0.5, 0.6) is 0 Å². The van der Waals surface area contributed by atoms with E-state index < -0.39 is 0 Å². The van der Waals surface area contributed by atoms with Crippen molar-refractivity contribution in [3.63, 3.8) is 0 Å². The number of rotatable bonds is 6. The van der Waals surface area contributed by atoms with Crippen molar-refractivity contribution in [1.29, 1.82) is 0 Å². The van der Waals surface area contributed by atoms with Crippen LogP contribution in [-0.4, -0.2) is 58.8 Å². The third-order valence-electron chi connectivity index (χ3n) is 3.97. The van der Waals surface area contributed by atoms with Gasteiger partial charge in [0.2, 0.25) is 11.8 Å². The summed E-state index contributed by atoms with van der Waals surface area (Å²) in [6.45, 7) is 6.49. The first-order valence-corrected chi connectivity index (χ1v) is 7.85. The topological polar surface area (TPSA) is 65.5 Å². The predicted octanol–water partition coefficient (Wildman–Crippen LogP) is 1.35. The van der Waals surface area contributed by atoms with E-state index in [9.17, 15) is 9.59 Å². The molecule has 1 atom stereocenters. The Morgan fingerprint density at radius 2 is 2.23 bits per heavy atom. The second-order valence-electron chi connectivity index (χ2n) is 5.59. The zero-order valence-electron chi connectivity index (χ0n) is 13.3. The number of nitrogens with zero attached hydrogens (tertiary/aromatic N) is 3. The van der Waals surface area contributed by atoms with E-state index >= 15 is 0 Å². The van der Waals surface area contributed by atoms with Crippen LogP contribution in [0.15, 0.2) is 24.4 Å². The minimum Gasteiger partial charge on any atom is -0.340 e. The fourth-order valence-corrected chi connectivity index (χ4v) is 2.48. The summed E-state index contributed by atoms with van der Waals surface area (Å²) < 4.78 is 0. The maximum Gasteiger partial charge on any atom is 0.242 e. The largest absolute Gasteiger partial charge is 0.340 e. The molecule has 0 radical (unpaired) electrons. The lowest BCUT2D eigenvalue weighted by Crippen LogP contribution is -2.55. The fraction of sp³-hybridized carbons (Fsp3) is 0.562. The lowest BCUT2D eigenvalue weighted by Gasteiger charge is -2.36. The number of carbonyl (C=O) groups excluding carboxylic acids is 2. The highest BCUT2D eigenvalue weighted by atomic mass is 16.2. The first-order valence-electron chi connectivity index (χ1n) is 7.85. The molecule has 22 heavy (non-hydrogen) atoms. The molecule has 0 saturated carbocycles. The van der Waals surface area contributed by atoms with Gasteiger partial charge in [-0.05, 0) is 25.5 Å². The summed E-state index contributed by atoms with van der Waals surface area (Å²) in [6, 6.07) is 5.02. The van der Waals surface area contributed by atoms with E-state index in [1.807, 2.05) is 22.8 Å². The van der Waals surface area contributed by atoms with Crippen molar-refractivity contribution in [3.8, 4) is 0 Å². The normalized spacial score (nSPS) is 17.4. The van der Waals surface area contributed by atoms with Gasteiger partial charge in [-0.2, -0.15) is 0 Å². The molecule has 1 aliphatic rings. The molecule has 1 saturated heterocycles. The van der Waals surface area contributed by atoms with Crippen molar-refractivity contribution < 1.29 is 9.59 Å². The van der Waals surface area contributed by atoms with Gasteiger partial charge in [0, 0.05) is 25.8 Å². The number of aromatic nitrogens is 1. The molecule has 0 aromatic carbocycles. The van der Waals surface area contributed by atoms with Crippen molar-refractivity contribution in [2.45, 2.75) is 32.7 Å². The van der Waals surface area contributed by atoms with E-state index in [1.165, 1.54) is 0 Å². The van der Waals surface area contributed by atoms with Gasteiger partial charge in [-0.1, -0.05) is 19.4 Å². The van der Waals surface area contributed by atoms with Crippen LogP contribution in [-0.2, 0) is 9.59 Å². The molecule has 1 N–H and O–H groups in total. The van der Waals surface area contributed by atoms with Gasteiger partial charge >= 0.3 is 0 Å². The number of anilines is 1. The Hall–Kier alpha value is -1.95. The van der Waals surface area contributed by atoms with Crippen LogP contribution in [0, 0.1) is 0 Å².